The number of aliphatic hydroxyl groups is 1. The Balaban J connectivity index is 3.49. The molecule has 154 valence electrons. The minimum absolute atomic E-state index is 0.00396. The van der Waals surface area contributed by atoms with Gasteiger partial charge < -0.3 is 9.84 Å². The van der Waals surface area contributed by atoms with Crippen LogP contribution in [-0.4, -0.2) is 38.1 Å². The number of alkyl halides is 7. The summed E-state index contributed by atoms with van der Waals surface area (Å²) in [6.45, 7) is 3.66. The van der Waals surface area contributed by atoms with Crippen LogP contribution >= 0.6 is 22.6 Å². The number of carbonyl (C=O) groups is 1. The fourth-order valence-corrected chi connectivity index (χ4v) is 4.17. The predicted octanol–water partition coefficient (Wildman–Crippen LogP) is 5.33. The van der Waals surface area contributed by atoms with Crippen LogP contribution in [0.5, 0.6) is 0 Å². The highest BCUT2D eigenvalue weighted by Gasteiger charge is 2.81. The summed E-state index contributed by atoms with van der Waals surface area (Å²) >= 11 is 1.66. The van der Waals surface area contributed by atoms with Crippen molar-refractivity contribution in [1.29, 1.82) is 0 Å². The van der Waals surface area contributed by atoms with Gasteiger partial charge in [-0.25, -0.2) is 0 Å². The third-order valence-corrected chi connectivity index (χ3v) is 6.10. The Morgan fingerprint density at radius 1 is 1.08 bits per heavy atom. The Kier molecular flexibility index (Phi) is 6.98. The van der Waals surface area contributed by atoms with E-state index in [1.165, 1.54) is 6.92 Å². The van der Waals surface area contributed by atoms with Crippen LogP contribution in [0, 0.1) is 5.92 Å². The van der Waals surface area contributed by atoms with Gasteiger partial charge in [-0.05, 0) is 33.1 Å². The smallest absolute Gasteiger partial charge is 0.430 e. The van der Waals surface area contributed by atoms with Gasteiger partial charge in [0.05, 0.1) is 0 Å². The molecular formula is C16H23F6IO3. The molecule has 0 saturated heterocycles. The molecule has 10 heteroatoms. The van der Waals surface area contributed by atoms with E-state index in [1.807, 2.05) is 0 Å². The lowest BCUT2D eigenvalue weighted by molar-refractivity contribution is -0.416. The van der Waals surface area contributed by atoms with Gasteiger partial charge in [-0.2, -0.15) is 26.3 Å². The van der Waals surface area contributed by atoms with Gasteiger partial charge in [-0.1, -0.05) is 48.8 Å². The standard InChI is InChI=1S/C16H23F6IO3/c1-4-9-12(2,23)11(24)26-13(3,10-7-5-6-8-10)14(25,15(17,18)19)16(20,21)22/h10,25H,4-9H2,1-3H3. The molecule has 1 saturated carbocycles. The van der Waals surface area contributed by atoms with E-state index in [4.69, 9.17) is 4.74 Å². The van der Waals surface area contributed by atoms with Crippen LogP contribution in [0.25, 0.3) is 0 Å². The highest BCUT2D eigenvalue weighted by molar-refractivity contribution is 14.1. The molecular weight excluding hydrogens is 481 g/mol. The van der Waals surface area contributed by atoms with Crippen LogP contribution < -0.4 is 0 Å². The van der Waals surface area contributed by atoms with Crippen molar-refractivity contribution in [2.45, 2.75) is 86.3 Å². The molecule has 1 aliphatic carbocycles. The van der Waals surface area contributed by atoms with Crippen molar-refractivity contribution in [3.05, 3.63) is 0 Å². The largest absolute Gasteiger partial charge is 0.454 e. The minimum atomic E-state index is -6.06. The summed E-state index contributed by atoms with van der Waals surface area (Å²) in [4.78, 5) is 12.5. The lowest BCUT2D eigenvalue weighted by atomic mass is 9.72. The highest BCUT2D eigenvalue weighted by Crippen LogP contribution is 2.56. The normalized spacial score (nSPS) is 22.0. The van der Waals surface area contributed by atoms with E-state index in [1.54, 1.807) is 29.5 Å². The van der Waals surface area contributed by atoms with Crippen molar-refractivity contribution in [3.63, 3.8) is 0 Å². The second-order valence-electron chi connectivity index (χ2n) is 7.13. The Morgan fingerprint density at radius 2 is 1.50 bits per heavy atom. The van der Waals surface area contributed by atoms with E-state index in [-0.39, 0.29) is 19.3 Å². The second-order valence-corrected chi connectivity index (χ2v) is 9.51. The van der Waals surface area contributed by atoms with Crippen LogP contribution in [0.3, 0.4) is 0 Å². The molecule has 0 aromatic rings. The molecule has 0 amide bonds. The SMILES string of the molecule is CCCC(C)(I)C(=O)OC(C)(C1CCCC1)C(O)(C(F)(F)F)C(F)(F)F. The van der Waals surface area contributed by atoms with Gasteiger partial charge in [-0.15, -0.1) is 0 Å². The number of hydrogen-bond acceptors (Lipinski definition) is 3. The van der Waals surface area contributed by atoms with Crippen LogP contribution in [0.4, 0.5) is 26.3 Å². The lowest BCUT2D eigenvalue weighted by Crippen LogP contribution is -2.73. The molecule has 1 rings (SSSR count). The minimum Gasteiger partial charge on any atom is -0.454 e. The number of carbonyl (C=O) groups excluding carboxylic acids is 1. The third kappa shape index (κ3) is 4.10. The summed E-state index contributed by atoms with van der Waals surface area (Å²) in [6.07, 6.45) is -10.6. The van der Waals surface area contributed by atoms with Crippen molar-refractivity contribution in [2.75, 3.05) is 0 Å². The summed E-state index contributed by atoms with van der Waals surface area (Å²) in [5.41, 5.74) is -8.33. The second kappa shape index (κ2) is 7.63. The molecule has 0 bridgehead atoms. The molecule has 1 aliphatic rings. The average molecular weight is 504 g/mol. The van der Waals surface area contributed by atoms with E-state index in [9.17, 15) is 36.2 Å². The first-order valence-corrected chi connectivity index (χ1v) is 9.40. The predicted molar refractivity (Wildman–Crippen MR) is 90.8 cm³/mol. The molecule has 2 atom stereocenters. The van der Waals surface area contributed by atoms with E-state index < -0.39 is 38.9 Å². The maximum atomic E-state index is 13.5. The fourth-order valence-electron chi connectivity index (χ4n) is 3.52. The van der Waals surface area contributed by atoms with Crippen molar-refractivity contribution in [3.8, 4) is 0 Å². The van der Waals surface area contributed by atoms with Crippen molar-refractivity contribution < 1.29 is 41.0 Å². The molecule has 0 aromatic carbocycles. The first-order valence-electron chi connectivity index (χ1n) is 8.32. The maximum Gasteiger partial charge on any atom is 0.430 e. The monoisotopic (exact) mass is 504 g/mol. The Hall–Kier alpha value is -0.260. The van der Waals surface area contributed by atoms with E-state index in [0.29, 0.717) is 26.2 Å². The van der Waals surface area contributed by atoms with Gasteiger partial charge in [0.1, 0.15) is 3.42 Å². The molecule has 3 nitrogen and oxygen atoms in total. The fraction of sp³-hybridized carbons (Fsp3) is 0.938. The van der Waals surface area contributed by atoms with E-state index in [0.717, 1.165) is 0 Å². The molecule has 0 heterocycles. The zero-order chi connectivity index (χ0) is 20.6. The molecule has 0 aromatic heterocycles. The lowest BCUT2D eigenvalue weighted by Gasteiger charge is -2.49. The quantitative estimate of drug-likeness (QED) is 0.230. The molecule has 0 spiro atoms. The summed E-state index contributed by atoms with van der Waals surface area (Å²) in [5, 5.41) is 9.98. The van der Waals surface area contributed by atoms with E-state index >= 15 is 0 Å². The molecule has 0 radical (unpaired) electrons. The molecule has 26 heavy (non-hydrogen) atoms. The number of esters is 1. The molecule has 1 fully saturated rings. The molecule has 2 unspecified atom stereocenters. The highest BCUT2D eigenvalue weighted by atomic mass is 127. The first kappa shape index (κ1) is 23.8. The average Bonchev–Trinajstić information content (AvgIpc) is 2.98. The maximum absolute atomic E-state index is 13.5. The van der Waals surface area contributed by atoms with Crippen molar-refractivity contribution in [1.82, 2.24) is 0 Å². The Bertz CT molecular complexity index is 497. The van der Waals surface area contributed by atoms with Gasteiger partial charge in [-0.3, -0.25) is 4.79 Å². The molecule has 0 aliphatic heterocycles. The van der Waals surface area contributed by atoms with Crippen LogP contribution in [0.15, 0.2) is 0 Å². The zero-order valence-corrected chi connectivity index (χ0v) is 16.9. The van der Waals surface area contributed by atoms with Gasteiger partial charge in [0, 0.05) is 5.92 Å². The summed E-state index contributed by atoms with van der Waals surface area (Å²) < 4.78 is 84.5. The van der Waals surface area contributed by atoms with Crippen molar-refractivity contribution >= 4 is 28.6 Å². The Labute approximate surface area is 162 Å². The summed E-state index contributed by atoms with van der Waals surface area (Å²) in [5.74, 6) is -2.45. The zero-order valence-electron chi connectivity index (χ0n) is 14.7. The first-order chi connectivity index (χ1) is 11.5. The van der Waals surface area contributed by atoms with Crippen LogP contribution in [0.1, 0.15) is 59.3 Å². The number of rotatable bonds is 6. The van der Waals surface area contributed by atoms with Crippen LogP contribution in [-0.2, 0) is 9.53 Å². The summed E-state index contributed by atoms with van der Waals surface area (Å²) in [6, 6.07) is 0. The number of hydrogen-bond donors (Lipinski definition) is 1. The van der Waals surface area contributed by atoms with Crippen molar-refractivity contribution in [2.24, 2.45) is 5.92 Å². The third-order valence-electron chi connectivity index (χ3n) is 5.12. The van der Waals surface area contributed by atoms with Gasteiger partial charge in [0.25, 0.3) is 5.60 Å². The summed E-state index contributed by atoms with van der Waals surface area (Å²) in [7, 11) is 0. The van der Waals surface area contributed by atoms with E-state index in [2.05, 4.69) is 0 Å². The van der Waals surface area contributed by atoms with Gasteiger partial charge >= 0.3 is 18.3 Å². The van der Waals surface area contributed by atoms with Gasteiger partial charge in [0.15, 0.2) is 5.60 Å². The molecule has 1 N–H and O–H groups in total. The topological polar surface area (TPSA) is 46.5 Å². The number of ether oxygens (including phenoxy) is 1. The number of halogens is 7. The Morgan fingerprint density at radius 3 is 1.85 bits per heavy atom. The van der Waals surface area contributed by atoms with Crippen LogP contribution in [0.2, 0.25) is 0 Å². The van der Waals surface area contributed by atoms with Gasteiger partial charge in [0.2, 0.25) is 0 Å².